The van der Waals surface area contributed by atoms with Gasteiger partial charge in [0.15, 0.2) is 29.1 Å². The minimum atomic E-state index is -2.36. The van der Waals surface area contributed by atoms with E-state index in [1.54, 1.807) is 27.7 Å². The number of Topliss-reactive ketones (excluding diaryl/α,β-unsaturated/α-hetero) is 3. The predicted octanol–water partition coefficient (Wildman–Crippen LogP) is 9.56. The molecule has 27 heteroatoms. The Labute approximate surface area is 637 Å². The van der Waals surface area contributed by atoms with Crippen LogP contribution in [0.2, 0.25) is 0 Å². The number of ether oxygens (including phenoxy) is 11. The van der Waals surface area contributed by atoms with E-state index in [0.29, 0.717) is 85.3 Å². The third-order valence-electron chi connectivity index (χ3n) is 22.4. The van der Waals surface area contributed by atoms with Crippen molar-refractivity contribution in [2.24, 2.45) is 34.5 Å². The van der Waals surface area contributed by atoms with Crippen LogP contribution in [0, 0.1) is 34.5 Å². The highest BCUT2D eigenvalue weighted by Gasteiger charge is 2.80. The molecule has 1 aromatic heterocycles. The highest BCUT2D eigenvalue weighted by atomic mass is 19.1. The van der Waals surface area contributed by atoms with Crippen molar-refractivity contribution in [2.45, 2.75) is 180 Å². The number of amides is 3. The highest BCUT2D eigenvalue weighted by Crippen LogP contribution is 2.72. The molecule has 25 nitrogen and oxygen atoms in total. The molecule has 3 aromatic carbocycles. The number of allylic oxidation sites excluding steroid dienone is 4. The van der Waals surface area contributed by atoms with Crippen molar-refractivity contribution in [2.75, 3.05) is 118 Å². The molecule has 1 aliphatic heterocycles. The van der Waals surface area contributed by atoms with Gasteiger partial charge in [0.25, 0.3) is 0 Å². The molecule has 0 radical (unpaired) electrons. The molecule has 109 heavy (non-hydrogen) atoms. The molecule has 3 amide bonds. The lowest BCUT2D eigenvalue weighted by Crippen LogP contribution is -2.71. The van der Waals surface area contributed by atoms with Crippen molar-refractivity contribution in [3.63, 3.8) is 0 Å². The summed E-state index contributed by atoms with van der Waals surface area (Å²) in [6, 6.07) is 19.5. The summed E-state index contributed by atoms with van der Waals surface area (Å²) >= 11 is 0. The highest BCUT2D eigenvalue weighted by molar-refractivity contribution is 6.02. The Morgan fingerprint density at radius 2 is 1.42 bits per heavy atom. The van der Waals surface area contributed by atoms with Crippen molar-refractivity contribution in [3.8, 4) is 34.0 Å². The maximum absolute atomic E-state index is 18.0. The number of halogens is 2. The predicted molar refractivity (Wildman–Crippen MR) is 399 cm³/mol. The number of ketones is 4. The maximum Gasteiger partial charge on any atom is 0.227 e. The van der Waals surface area contributed by atoms with E-state index < -0.39 is 106 Å². The Hall–Kier alpha value is -7.57. The first-order valence-corrected chi connectivity index (χ1v) is 38.7. The lowest BCUT2D eigenvalue weighted by molar-refractivity contribution is -0.234. The Kier molecular flexibility index (Phi) is 30.1. The number of alkyl halides is 2. The largest absolute Gasteiger partial charge is 0.494 e. The molecule has 2 heterocycles. The number of carbonyl (C=O) groups excluding carboxylic acids is 7. The van der Waals surface area contributed by atoms with Crippen LogP contribution in [0.15, 0.2) is 90.5 Å². The van der Waals surface area contributed by atoms with Crippen molar-refractivity contribution in [1.29, 1.82) is 0 Å². The molecule has 6 aliphatic rings. The number of carbonyl (C=O) groups is 7. The molecule has 0 spiro atoms. The van der Waals surface area contributed by atoms with Crippen LogP contribution in [0.1, 0.15) is 136 Å². The van der Waals surface area contributed by atoms with Gasteiger partial charge in [-0.15, -0.1) is 5.10 Å². The first kappa shape index (κ1) is 83.9. The minimum absolute atomic E-state index is 0.00468. The molecular weight excluding hydrogens is 1410 g/mol. The smallest absolute Gasteiger partial charge is 0.227 e. The van der Waals surface area contributed by atoms with Gasteiger partial charge >= 0.3 is 0 Å². The topological polar surface area (TPSA) is 308 Å². The molecule has 0 bridgehead atoms. The van der Waals surface area contributed by atoms with E-state index in [-0.39, 0.29) is 124 Å². The molecule has 4 fully saturated rings. The number of methoxy groups -OCH3 is 1. The fourth-order valence-corrected chi connectivity index (χ4v) is 16.8. The summed E-state index contributed by atoms with van der Waals surface area (Å²) in [6.45, 7) is 17.8. The second-order valence-corrected chi connectivity index (χ2v) is 29.9. The van der Waals surface area contributed by atoms with Crippen LogP contribution in [-0.2, 0) is 89.2 Å². The number of benzene rings is 3. The molecule has 2 unspecified atom stereocenters. The van der Waals surface area contributed by atoms with E-state index in [2.05, 4.69) is 33.2 Å². The van der Waals surface area contributed by atoms with Gasteiger partial charge in [-0.05, 0) is 98.3 Å². The summed E-state index contributed by atoms with van der Waals surface area (Å²) < 4.78 is 101. The van der Waals surface area contributed by atoms with Crippen molar-refractivity contribution < 1.29 is 99.6 Å². The Morgan fingerprint density at radius 1 is 0.761 bits per heavy atom. The second-order valence-electron chi connectivity index (χ2n) is 29.9. The number of nitrogens with zero attached hydrogens (tertiary/aromatic N) is 3. The molecule has 13 atom stereocenters. The summed E-state index contributed by atoms with van der Waals surface area (Å²) in [5.41, 5.74) is -1.45. The Balaban J connectivity index is 0.577. The first-order valence-electron chi connectivity index (χ1n) is 38.7. The average Bonchev–Trinajstić information content (AvgIpc) is 1.57. The Bertz CT molecular complexity index is 3850. The fraction of sp³-hybridized carbons (Fsp3) is 0.622. The number of anilines is 1. The number of aliphatic hydroxyl groups excluding tert-OH is 1. The van der Waals surface area contributed by atoms with Gasteiger partial charge in [-0.25, -0.2) is 13.5 Å². The van der Waals surface area contributed by atoms with E-state index in [1.165, 1.54) is 44.4 Å². The van der Waals surface area contributed by atoms with Crippen molar-refractivity contribution in [1.82, 2.24) is 25.6 Å². The summed E-state index contributed by atoms with van der Waals surface area (Å²) in [4.78, 5) is 94.9. The van der Waals surface area contributed by atoms with E-state index in [4.69, 9.17) is 52.1 Å². The number of rotatable bonds is 45. The number of hydrogen-bond donors (Lipinski definition) is 4. The van der Waals surface area contributed by atoms with Crippen LogP contribution in [0.5, 0.6) is 11.5 Å². The molecule has 596 valence electrons. The third kappa shape index (κ3) is 19.3. The lowest BCUT2D eigenvalue weighted by atomic mass is 9.44. The van der Waals surface area contributed by atoms with Crippen molar-refractivity contribution >= 4 is 46.5 Å². The zero-order valence-corrected chi connectivity index (χ0v) is 64.3. The number of unbranched alkanes of at least 4 members (excludes halogenated alkanes) is 1. The quantitative estimate of drug-likeness (QED) is 0.0299. The maximum atomic E-state index is 18.0. The summed E-state index contributed by atoms with van der Waals surface area (Å²) in [7, 11) is 1.39. The van der Waals surface area contributed by atoms with E-state index in [9.17, 15) is 38.7 Å². The van der Waals surface area contributed by atoms with Gasteiger partial charge in [0.1, 0.15) is 35.8 Å². The fourth-order valence-electron chi connectivity index (χ4n) is 16.8. The van der Waals surface area contributed by atoms with Crippen LogP contribution < -0.4 is 25.4 Å². The van der Waals surface area contributed by atoms with Gasteiger partial charge in [-0.3, -0.25) is 33.6 Å². The van der Waals surface area contributed by atoms with Crippen LogP contribution in [0.25, 0.3) is 22.5 Å². The summed E-state index contributed by atoms with van der Waals surface area (Å²) in [5, 5.41) is 29.7. The number of nitrogens with one attached hydrogen (secondary N) is 3. The van der Waals surface area contributed by atoms with Gasteiger partial charge in [0.2, 0.25) is 23.5 Å². The van der Waals surface area contributed by atoms with Gasteiger partial charge in [-0.2, -0.15) is 0 Å². The van der Waals surface area contributed by atoms with Gasteiger partial charge in [0.05, 0.1) is 129 Å². The summed E-state index contributed by atoms with van der Waals surface area (Å²) in [5.74, 6) is -5.39. The SMILES string of the molecule is CCCCOCCOCCOCCn1nnc2c1-c1ccccc1C(C(=O)CCC(=O)NCCOCCOCCOCCOCCC(=O)N[C@H](C(=O)C[C@@H](C)C(=O)Nc1ccc(OCC(=O)[C@@]34OC(CCC)O[C@@H]3C[C@H]3[C@@H]5C[C@H](F)C6=CC(=O)C=C[C@]6(C)[C@@]5(F)[C@@H](O)C[C@@]34C)cc1OC)C(C)C)Cc1ccccc1-2. The first-order chi connectivity index (χ1) is 52.5. The van der Waals surface area contributed by atoms with Crippen LogP contribution >= 0.6 is 0 Å². The van der Waals surface area contributed by atoms with E-state index in [0.717, 1.165) is 59.2 Å². The normalized spacial score (nSPS) is 25.6. The van der Waals surface area contributed by atoms with Crippen LogP contribution in [0.4, 0.5) is 14.5 Å². The molecule has 4 N–H and O–H groups in total. The van der Waals surface area contributed by atoms with Crippen molar-refractivity contribution in [3.05, 3.63) is 102 Å². The molecule has 4 aromatic rings. The monoisotopic (exact) mass is 1520 g/mol. The van der Waals surface area contributed by atoms with E-state index >= 15 is 8.78 Å². The summed E-state index contributed by atoms with van der Waals surface area (Å²) in [6.07, 6.45) is 2.10. The molecular formula is C82H110F2N6O19. The number of fused-ring (bicyclic) bond motifs is 12. The van der Waals surface area contributed by atoms with Crippen LogP contribution in [-0.4, -0.2) is 216 Å². The van der Waals surface area contributed by atoms with Gasteiger partial charge in [-0.1, -0.05) is 114 Å². The zero-order valence-electron chi connectivity index (χ0n) is 64.3. The lowest BCUT2D eigenvalue weighted by Gasteiger charge is -2.63. The number of aliphatic hydroxyl groups is 1. The molecule has 5 aliphatic carbocycles. The molecule has 1 saturated heterocycles. The van der Waals surface area contributed by atoms with Crippen LogP contribution in [0.3, 0.4) is 0 Å². The average molecular weight is 1520 g/mol. The standard InChI is InChI=1S/C82H110F2N6O19/c1-9-11-30-100-34-38-104-41-37-103-33-29-90-77-59-20-15-14-19-58(59)60(45-54-17-12-13-18-57(54)76(77)88-89-90)66(92)23-24-72(96)85-28-32-102-36-40-106-43-42-105-39-35-101-31-26-73(97)87-75(52(3)4)67(93)44-53(5)78(98)86-65-22-21-56(47-68(65)99-8)107-51-70(95)82-71(108-74(109-82)16-10-2)49-61-62-48-64(83)63-46-55(91)25-27-79(63,6)81(62,84)69(94)50-80(61,82)7/h12-15,17-22,25,27,46-47,52-53,60-62,64,69,71,74-75,94H,9-11,16,23-24,26,28-45,48-51H2,1-8H3,(H,85,96)(H,86,98)(H,87,97)/t53-,60?,61+,62+,64+,69+,71-,74?,75+,79+,80+,81+,82-/m1/s1. The number of hydrogen-bond acceptors (Lipinski definition) is 21. The second kappa shape index (κ2) is 39.1. The number of aromatic nitrogens is 3. The molecule has 3 saturated carbocycles. The van der Waals surface area contributed by atoms with Gasteiger partial charge in [0, 0.05) is 84.6 Å². The van der Waals surface area contributed by atoms with Gasteiger partial charge < -0.3 is 73.2 Å². The Morgan fingerprint density at radius 3 is 2.11 bits per heavy atom. The third-order valence-corrected chi connectivity index (χ3v) is 22.4. The minimum Gasteiger partial charge on any atom is -0.494 e. The molecule has 10 rings (SSSR count). The zero-order chi connectivity index (χ0) is 77.9. The van der Waals surface area contributed by atoms with E-state index in [1.807, 2.05) is 60.1 Å².